The van der Waals surface area contributed by atoms with Crippen molar-refractivity contribution in [2.45, 2.75) is 32.7 Å². The molecule has 2 unspecified atom stereocenters. The van der Waals surface area contributed by atoms with Crippen LogP contribution in [0.1, 0.15) is 36.9 Å². The Morgan fingerprint density at radius 3 is 2.93 bits per heavy atom. The molecule has 0 aromatic heterocycles. The van der Waals surface area contributed by atoms with E-state index < -0.39 is 0 Å². The predicted octanol–water partition coefficient (Wildman–Crippen LogP) is 3.06. The van der Waals surface area contributed by atoms with Gasteiger partial charge in [-0.2, -0.15) is 0 Å². The van der Waals surface area contributed by atoms with Gasteiger partial charge in [-0.1, -0.05) is 36.8 Å². The molecule has 0 amide bonds. The van der Waals surface area contributed by atoms with E-state index in [0.29, 0.717) is 6.04 Å². The molecule has 76 valence electrons. The Hall–Kier alpha value is -0.820. The highest BCUT2D eigenvalue weighted by Crippen LogP contribution is 2.28. The van der Waals surface area contributed by atoms with E-state index in [4.69, 9.17) is 0 Å². The molecule has 0 aliphatic carbocycles. The van der Waals surface area contributed by atoms with E-state index in [1.54, 1.807) is 0 Å². The molecule has 1 heteroatoms. The van der Waals surface area contributed by atoms with Crippen LogP contribution in [0.15, 0.2) is 24.3 Å². The fourth-order valence-corrected chi connectivity index (χ4v) is 2.36. The van der Waals surface area contributed by atoms with E-state index in [1.165, 1.54) is 30.5 Å². The number of hydrogen-bond donors (Lipinski definition) is 1. The first-order valence-corrected chi connectivity index (χ1v) is 5.57. The third kappa shape index (κ3) is 1.98. The van der Waals surface area contributed by atoms with E-state index in [0.717, 1.165) is 5.92 Å². The Bertz CT molecular complexity index is 306. The first-order chi connectivity index (χ1) is 6.77. The molecule has 1 aliphatic rings. The molecule has 1 heterocycles. The van der Waals surface area contributed by atoms with Gasteiger partial charge in [-0.25, -0.2) is 0 Å². The van der Waals surface area contributed by atoms with E-state index in [-0.39, 0.29) is 0 Å². The Labute approximate surface area is 86.5 Å². The van der Waals surface area contributed by atoms with Gasteiger partial charge < -0.3 is 5.32 Å². The summed E-state index contributed by atoms with van der Waals surface area (Å²) in [7, 11) is 0. The van der Waals surface area contributed by atoms with Crippen molar-refractivity contribution in [1.82, 2.24) is 5.32 Å². The average Bonchev–Trinajstić information content (AvgIpc) is 2.18. The van der Waals surface area contributed by atoms with Gasteiger partial charge in [-0.05, 0) is 37.8 Å². The number of benzene rings is 1. The minimum atomic E-state index is 0.573. The number of rotatable bonds is 1. The van der Waals surface area contributed by atoms with Crippen LogP contribution >= 0.6 is 0 Å². The number of piperidine rings is 1. The first-order valence-electron chi connectivity index (χ1n) is 5.57. The van der Waals surface area contributed by atoms with Gasteiger partial charge in [0.1, 0.15) is 0 Å². The van der Waals surface area contributed by atoms with Crippen molar-refractivity contribution in [1.29, 1.82) is 0 Å². The normalized spacial score (nSPS) is 27.6. The fraction of sp³-hybridized carbons (Fsp3) is 0.538. The second-order valence-electron chi connectivity index (χ2n) is 4.47. The monoisotopic (exact) mass is 189 g/mol. The quantitative estimate of drug-likeness (QED) is 0.716. The largest absolute Gasteiger partial charge is 0.310 e. The summed E-state index contributed by atoms with van der Waals surface area (Å²) < 4.78 is 0. The Morgan fingerprint density at radius 1 is 1.36 bits per heavy atom. The van der Waals surface area contributed by atoms with Crippen molar-refractivity contribution >= 4 is 0 Å². The van der Waals surface area contributed by atoms with Crippen LogP contribution in [-0.2, 0) is 0 Å². The van der Waals surface area contributed by atoms with Crippen LogP contribution in [0.5, 0.6) is 0 Å². The first kappa shape index (κ1) is 9.72. The summed E-state index contributed by atoms with van der Waals surface area (Å²) in [6.07, 6.45) is 2.68. The molecule has 1 aromatic carbocycles. The Balaban J connectivity index is 2.20. The topological polar surface area (TPSA) is 12.0 Å². The van der Waals surface area contributed by atoms with Crippen molar-refractivity contribution in [2.24, 2.45) is 5.92 Å². The molecule has 2 atom stereocenters. The van der Waals surface area contributed by atoms with Gasteiger partial charge in [-0.3, -0.25) is 0 Å². The summed E-state index contributed by atoms with van der Waals surface area (Å²) in [5.41, 5.74) is 2.82. The molecule has 0 bridgehead atoms. The minimum absolute atomic E-state index is 0.573. The fourth-order valence-electron chi connectivity index (χ4n) is 2.36. The molecule has 1 saturated heterocycles. The van der Waals surface area contributed by atoms with Crippen molar-refractivity contribution < 1.29 is 0 Å². The van der Waals surface area contributed by atoms with Crippen molar-refractivity contribution in [2.75, 3.05) is 6.54 Å². The van der Waals surface area contributed by atoms with E-state index in [9.17, 15) is 0 Å². The SMILES string of the molecule is Cc1cccc(C2NCCCC2C)c1. The highest BCUT2D eigenvalue weighted by atomic mass is 14.9. The average molecular weight is 189 g/mol. The molecule has 14 heavy (non-hydrogen) atoms. The second kappa shape index (κ2) is 4.14. The Kier molecular flexibility index (Phi) is 2.87. The molecule has 0 saturated carbocycles. The summed E-state index contributed by atoms with van der Waals surface area (Å²) >= 11 is 0. The van der Waals surface area contributed by atoms with Gasteiger partial charge in [0.05, 0.1) is 0 Å². The zero-order chi connectivity index (χ0) is 9.97. The molecule has 0 radical (unpaired) electrons. The van der Waals surface area contributed by atoms with Gasteiger partial charge in [0.15, 0.2) is 0 Å². The minimum Gasteiger partial charge on any atom is -0.310 e. The molecule has 1 nitrogen and oxygen atoms in total. The lowest BCUT2D eigenvalue weighted by molar-refractivity contribution is 0.306. The molecule has 1 aliphatic heterocycles. The predicted molar refractivity (Wildman–Crippen MR) is 60.3 cm³/mol. The highest BCUT2D eigenvalue weighted by Gasteiger charge is 2.21. The molecule has 1 aromatic rings. The standard InChI is InChI=1S/C13H19N/c1-10-5-3-7-12(9-10)13-11(2)6-4-8-14-13/h3,5,7,9,11,13-14H,4,6,8H2,1-2H3. The van der Waals surface area contributed by atoms with Crippen LogP contribution < -0.4 is 5.32 Å². The smallest absolute Gasteiger partial charge is 0.0346 e. The number of nitrogens with one attached hydrogen (secondary N) is 1. The molecule has 1 fully saturated rings. The van der Waals surface area contributed by atoms with Crippen LogP contribution in [-0.4, -0.2) is 6.54 Å². The van der Waals surface area contributed by atoms with Gasteiger partial charge in [0.25, 0.3) is 0 Å². The van der Waals surface area contributed by atoms with Gasteiger partial charge in [-0.15, -0.1) is 0 Å². The van der Waals surface area contributed by atoms with Crippen molar-refractivity contribution in [3.8, 4) is 0 Å². The van der Waals surface area contributed by atoms with Crippen LogP contribution in [0.25, 0.3) is 0 Å². The maximum absolute atomic E-state index is 3.61. The molecule has 2 rings (SSSR count). The lowest BCUT2D eigenvalue weighted by Crippen LogP contribution is -2.32. The Morgan fingerprint density at radius 2 is 2.21 bits per heavy atom. The van der Waals surface area contributed by atoms with E-state index >= 15 is 0 Å². The summed E-state index contributed by atoms with van der Waals surface area (Å²) in [6.45, 7) is 5.68. The van der Waals surface area contributed by atoms with Gasteiger partial charge >= 0.3 is 0 Å². The van der Waals surface area contributed by atoms with E-state index in [1.807, 2.05) is 0 Å². The summed E-state index contributed by atoms with van der Waals surface area (Å²) in [5, 5.41) is 3.61. The number of hydrogen-bond acceptors (Lipinski definition) is 1. The maximum Gasteiger partial charge on any atom is 0.0346 e. The molecular weight excluding hydrogens is 170 g/mol. The third-order valence-electron chi connectivity index (χ3n) is 3.17. The molecule has 0 spiro atoms. The lowest BCUT2D eigenvalue weighted by atomic mass is 9.87. The van der Waals surface area contributed by atoms with Crippen LogP contribution in [0.2, 0.25) is 0 Å². The summed E-state index contributed by atoms with van der Waals surface area (Å²) in [6, 6.07) is 9.44. The van der Waals surface area contributed by atoms with Crippen LogP contribution in [0.4, 0.5) is 0 Å². The number of aryl methyl sites for hydroxylation is 1. The summed E-state index contributed by atoms with van der Waals surface area (Å²) in [4.78, 5) is 0. The molecule has 1 N–H and O–H groups in total. The second-order valence-corrected chi connectivity index (χ2v) is 4.47. The van der Waals surface area contributed by atoms with Gasteiger partial charge in [0.2, 0.25) is 0 Å². The lowest BCUT2D eigenvalue weighted by Gasteiger charge is -2.30. The highest BCUT2D eigenvalue weighted by molar-refractivity contribution is 5.25. The van der Waals surface area contributed by atoms with Gasteiger partial charge in [0, 0.05) is 6.04 Å². The zero-order valence-electron chi connectivity index (χ0n) is 9.09. The van der Waals surface area contributed by atoms with Crippen molar-refractivity contribution in [3.63, 3.8) is 0 Å². The van der Waals surface area contributed by atoms with Crippen LogP contribution in [0, 0.1) is 12.8 Å². The van der Waals surface area contributed by atoms with Crippen molar-refractivity contribution in [3.05, 3.63) is 35.4 Å². The molecular formula is C13H19N. The van der Waals surface area contributed by atoms with E-state index in [2.05, 4.69) is 43.4 Å². The maximum atomic E-state index is 3.61. The third-order valence-corrected chi connectivity index (χ3v) is 3.17. The zero-order valence-corrected chi connectivity index (χ0v) is 9.09. The van der Waals surface area contributed by atoms with Crippen LogP contribution in [0.3, 0.4) is 0 Å². The summed E-state index contributed by atoms with van der Waals surface area (Å²) in [5.74, 6) is 0.769.